The molecule has 2 rings (SSSR count). The Balaban J connectivity index is 2.13. The van der Waals surface area contributed by atoms with E-state index in [4.69, 9.17) is 37.4 Å². The van der Waals surface area contributed by atoms with E-state index in [9.17, 15) is 0 Å². The van der Waals surface area contributed by atoms with E-state index in [1.807, 2.05) is 0 Å². The first-order chi connectivity index (χ1) is 9.62. The fraction of sp³-hybridized carbons (Fsp3) is 0.214. The lowest BCUT2D eigenvalue weighted by Gasteiger charge is -2.11. The molecule has 1 aromatic carbocycles. The van der Waals surface area contributed by atoms with Crippen LogP contribution in [0.4, 0.5) is 0 Å². The number of nitrogens with zero attached hydrogens (tertiary/aromatic N) is 1. The van der Waals surface area contributed by atoms with Crippen LogP contribution in [0.3, 0.4) is 0 Å². The van der Waals surface area contributed by atoms with E-state index in [-0.39, 0.29) is 6.61 Å². The largest absolute Gasteiger partial charge is 0.496 e. The van der Waals surface area contributed by atoms with Crippen molar-refractivity contribution in [3.8, 4) is 17.2 Å². The van der Waals surface area contributed by atoms with Gasteiger partial charge in [-0.3, -0.25) is 0 Å². The van der Waals surface area contributed by atoms with E-state index < -0.39 is 0 Å². The third-order valence-electron chi connectivity index (χ3n) is 2.61. The quantitative estimate of drug-likeness (QED) is 0.783. The molecule has 0 aliphatic carbocycles. The van der Waals surface area contributed by atoms with Gasteiger partial charge in [-0.1, -0.05) is 23.2 Å². The van der Waals surface area contributed by atoms with Crippen LogP contribution >= 0.6 is 23.2 Å². The van der Waals surface area contributed by atoms with E-state index in [2.05, 4.69) is 4.98 Å². The molecular weight excluding hydrogens is 301 g/mol. The number of methoxy groups -OCH3 is 2. The molecule has 0 bridgehead atoms. The van der Waals surface area contributed by atoms with E-state index in [1.165, 1.54) is 0 Å². The highest BCUT2D eigenvalue weighted by atomic mass is 35.5. The topological polar surface area (TPSA) is 40.6 Å². The highest BCUT2D eigenvalue weighted by Crippen LogP contribution is 2.28. The van der Waals surface area contributed by atoms with Gasteiger partial charge in [0.2, 0.25) is 0 Å². The molecule has 0 aliphatic rings. The summed E-state index contributed by atoms with van der Waals surface area (Å²) in [6.07, 6.45) is 0. The SMILES string of the molecule is COc1cc(OC)cc(OCc2ccc(Cl)nc2Cl)c1. The number of pyridine rings is 1. The Morgan fingerprint density at radius 2 is 1.55 bits per heavy atom. The Morgan fingerprint density at radius 1 is 0.950 bits per heavy atom. The summed E-state index contributed by atoms with van der Waals surface area (Å²) < 4.78 is 16.0. The zero-order valence-corrected chi connectivity index (χ0v) is 12.5. The highest BCUT2D eigenvalue weighted by molar-refractivity contribution is 6.32. The van der Waals surface area contributed by atoms with Crippen molar-refractivity contribution in [1.29, 1.82) is 0 Å². The minimum absolute atomic E-state index is 0.277. The molecular formula is C14H13Cl2NO3. The summed E-state index contributed by atoms with van der Waals surface area (Å²) in [4.78, 5) is 3.95. The summed E-state index contributed by atoms with van der Waals surface area (Å²) in [6, 6.07) is 8.73. The minimum atomic E-state index is 0.277. The molecule has 0 saturated carbocycles. The zero-order valence-electron chi connectivity index (χ0n) is 11.0. The second-order valence-electron chi connectivity index (χ2n) is 3.92. The molecule has 0 unspecified atom stereocenters. The Morgan fingerprint density at radius 3 is 2.10 bits per heavy atom. The third-order valence-corrected chi connectivity index (χ3v) is 3.15. The van der Waals surface area contributed by atoms with Crippen molar-refractivity contribution in [2.24, 2.45) is 0 Å². The molecule has 4 nitrogen and oxygen atoms in total. The van der Waals surface area contributed by atoms with E-state index in [1.54, 1.807) is 44.6 Å². The monoisotopic (exact) mass is 313 g/mol. The van der Waals surface area contributed by atoms with E-state index in [0.29, 0.717) is 27.6 Å². The van der Waals surface area contributed by atoms with Crippen LogP contribution < -0.4 is 14.2 Å². The summed E-state index contributed by atoms with van der Waals surface area (Å²) in [5.41, 5.74) is 0.748. The van der Waals surface area contributed by atoms with Crippen LogP contribution in [-0.2, 0) is 6.61 Å². The van der Waals surface area contributed by atoms with Crippen molar-refractivity contribution in [1.82, 2.24) is 4.98 Å². The van der Waals surface area contributed by atoms with Crippen molar-refractivity contribution in [2.75, 3.05) is 14.2 Å². The van der Waals surface area contributed by atoms with Gasteiger partial charge in [-0.05, 0) is 12.1 Å². The fourth-order valence-corrected chi connectivity index (χ4v) is 1.97. The van der Waals surface area contributed by atoms with Gasteiger partial charge in [0.15, 0.2) is 0 Å². The first kappa shape index (κ1) is 14.8. The van der Waals surface area contributed by atoms with Gasteiger partial charge in [0.25, 0.3) is 0 Å². The first-order valence-electron chi connectivity index (χ1n) is 5.79. The van der Waals surface area contributed by atoms with Crippen LogP contribution in [0.5, 0.6) is 17.2 Å². The van der Waals surface area contributed by atoms with Crippen LogP contribution in [0.25, 0.3) is 0 Å². The van der Waals surface area contributed by atoms with Crippen LogP contribution in [0.15, 0.2) is 30.3 Å². The third kappa shape index (κ3) is 3.68. The number of hydrogen-bond acceptors (Lipinski definition) is 4. The molecule has 0 fully saturated rings. The van der Waals surface area contributed by atoms with Gasteiger partial charge in [-0.15, -0.1) is 0 Å². The molecule has 0 aliphatic heterocycles. The van der Waals surface area contributed by atoms with Gasteiger partial charge < -0.3 is 14.2 Å². The molecule has 1 heterocycles. The van der Waals surface area contributed by atoms with Gasteiger partial charge in [-0.25, -0.2) is 4.98 Å². The molecule has 20 heavy (non-hydrogen) atoms. The van der Waals surface area contributed by atoms with Crippen LogP contribution in [-0.4, -0.2) is 19.2 Å². The van der Waals surface area contributed by atoms with Crippen LogP contribution in [0.1, 0.15) is 5.56 Å². The van der Waals surface area contributed by atoms with Gasteiger partial charge in [0, 0.05) is 23.8 Å². The summed E-state index contributed by atoms with van der Waals surface area (Å²) >= 11 is 11.7. The van der Waals surface area contributed by atoms with E-state index >= 15 is 0 Å². The molecule has 0 amide bonds. The predicted molar refractivity (Wildman–Crippen MR) is 78.1 cm³/mol. The molecule has 0 saturated heterocycles. The van der Waals surface area contributed by atoms with Crippen LogP contribution in [0.2, 0.25) is 10.3 Å². The van der Waals surface area contributed by atoms with Crippen molar-refractivity contribution in [2.45, 2.75) is 6.61 Å². The molecule has 1 aromatic heterocycles. The maximum atomic E-state index is 5.99. The highest BCUT2D eigenvalue weighted by Gasteiger charge is 2.06. The van der Waals surface area contributed by atoms with Crippen molar-refractivity contribution >= 4 is 23.2 Å². The Kier molecular flexibility index (Phi) is 4.93. The van der Waals surface area contributed by atoms with Gasteiger partial charge in [-0.2, -0.15) is 0 Å². The summed E-state index contributed by atoms with van der Waals surface area (Å²) in [5, 5.41) is 0.675. The predicted octanol–water partition coefficient (Wildman–Crippen LogP) is 3.98. The summed E-state index contributed by atoms with van der Waals surface area (Å²) in [5.74, 6) is 1.92. The molecule has 106 valence electrons. The fourth-order valence-electron chi connectivity index (χ4n) is 1.57. The van der Waals surface area contributed by atoms with Gasteiger partial charge in [0.05, 0.1) is 14.2 Å². The smallest absolute Gasteiger partial charge is 0.137 e. The maximum Gasteiger partial charge on any atom is 0.137 e. The Labute approximate surface area is 127 Å². The number of ether oxygens (including phenoxy) is 3. The second kappa shape index (κ2) is 6.68. The van der Waals surface area contributed by atoms with Gasteiger partial charge in [0.1, 0.15) is 34.2 Å². The molecule has 6 heteroatoms. The molecule has 0 N–H and O–H groups in total. The Hall–Kier alpha value is -1.65. The standard InChI is InChI=1S/C14H13Cl2NO3/c1-18-10-5-11(19-2)7-12(6-10)20-8-9-3-4-13(15)17-14(9)16/h3-7H,8H2,1-2H3. The Bertz CT molecular complexity index is 583. The molecule has 0 spiro atoms. The summed E-state index contributed by atoms with van der Waals surface area (Å²) in [6.45, 7) is 0.277. The number of benzene rings is 1. The lowest BCUT2D eigenvalue weighted by molar-refractivity contribution is 0.300. The lowest BCUT2D eigenvalue weighted by Crippen LogP contribution is -1.98. The zero-order chi connectivity index (χ0) is 14.5. The number of rotatable bonds is 5. The van der Waals surface area contributed by atoms with E-state index in [0.717, 1.165) is 5.56 Å². The second-order valence-corrected chi connectivity index (χ2v) is 4.67. The normalized spacial score (nSPS) is 10.2. The van der Waals surface area contributed by atoms with Crippen molar-refractivity contribution in [3.05, 3.63) is 46.2 Å². The van der Waals surface area contributed by atoms with Crippen molar-refractivity contribution in [3.63, 3.8) is 0 Å². The molecule has 0 atom stereocenters. The number of halogens is 2. The first-order valence-corrected chi connectivity index (χ1v) is 6.54. The average Bonchev–Trinajstić information content (AvgIpc) is 2.46. The van der Waals surface area contributed by atoms with Gasteiger partial charge >= 0.3 is 0 Å². The maximum absolute atomic E-state index is 5.99. The van der Waals surface area contributed by atoms with Crippen molar-refractivity contribution < 1.29 is 14.2 Å². The average molecular weight is 314 g/mol. The summed E-state index contributed by atoms with van der Waals surface area (Å²) in [7, 11) is 3.16. The molecule has 0 radical (unpaired) electrons. The lowest BCUT2D eigenvalue weighted by atomic mass is 10.3. The minimum Gasteiger partial charge on any atom is -0.496 e. The van der Waals surface area contributed by atoms with Crippen LogP contribution in [0, 0.1) is 0 Å². The number of aromatic nitrogens is 1. The number of hydrogen-bond donors (Lipinski definition) is 0. The molecule has 2 aromatic rings.